The van der Waals surface area contributed by atoms with Gasteiger partial charge in [-0.1, -0.05) is 43.2 Å². The second kappa shape index (κ2) is 5.77. The summed E-state index contributed by atoms with van der Waals surface area (Å²) in [4.78, 5) is 24.7. The van der Waals surface area contributed by atoms with E-state index in [9.17, 15) is 14.7 Å². The second-order valence-electron chi connectivity index (χ2n) is 7.73. The Bertz CT molecular complexity index is 629. The minimum absolute atomic E-state index is 0.0219. The van der Waals surface area contributed by atoms with Crippen LogP contribution in [0.1, 0.15) is 54.4 Å². The highest BCUT2D eigenvalue weighted by Crippen LogP contribution is 2.75. The molecule has 3 atom stereocenters. The number of carboxylic acids is 1. The van der Waals surface area contributed by atoms with E-state index in [0.717, 1.165) is 16.7 Å². The number of ketones is 1. The molecule has 1 N–H and O–H groups in total. The summed E-state index contributed by atoms with van der Waals surface area (Å²) in [6, 6.07) is 0. The molecule has 126 valence electrons. The largest absolute Gasteiger partial charge is 0.481 e. The zero-order valence-corrected chi connectivity index (χ0v) is 15.1. The van der Waals surface area contributed by atoms with Crippen molar-refractivity contribution >= 4 is 11.8 Å². The minimum atomic E-state index is -0.859. The van der Waals surface area contributed by atoms with Crippen molar-refractivity contribution in [2.45, 2.75) is 54.4 Å². The Morgan fingerprint density at radius 3 is 2.43 bits per heavy atom. The summed E-state index contributed by atoms with van der Waals surface area (Å²) >= 11 is 0. The highest BCUT2D eigenvalue weighted by Gasteiger charge is 2.78. The van der Waals surface area contributed by atoms with Gasteiger partial charge in [-0.15, -0.1) is 0 Å². The predicted octanol–water partition coefficient (Wildman–Crippen LogP) is 4.55. The van der Waals surface area contributed by atoms with Gasteiger partial charge in [-0.05, 0) is 45.1 Å². The number of Topliss-reactive ketones (excluding diaryl/α,β-unsaturated/α-hetero) is 1. The van der Waals surface area contributed by atoms with Crippen molar-refractivity contribution in [3.05, 3.63) is 34.9 Å². The highest BCUT2D eigenvalue weighted by molar-refractivity contribution is 6.00. The number of carboxylic acid groups (broad SMARTS) is 1. The maximum atomic E-state index is 12.4. The Hall–Kier alpha value is -1.64. The van der Waals surface area contributed by atoms with E-state index in [0.29, 0.717) is 12.8 Å². The van der Waals surface area contributed by atoms with E-state index in [1.54, 1.807) is 0 Å². The van der Waals surface area contributed by atoms with Crippen LogP contribution in [0.3, 0.4) is 0 Å². The van der Waals surface area contributed by atoms with Gasteiger partial charge in [-0.2, -0.15) is 0 Å². The fraction of sp³-hybridized carbons (Fsp3) is 0.600. The molecule has 1 saturated carbocycles. The predicted molar refractivity (Wildman–Crippen MR) is 92.0 cm³/mol. The van der Waals surface area contributed by atoms with E-state index < -0.39 is 11.4 Å². The molecule has 23 heavy (non-hydrogen) atoms. The van der Waals surface area contributed by atoms with E-state index in [2.05, 4.69) is 6.08 Å². The average molecular weight is 316 g/mol. The minimum Gasteiger partial charge on any atom is -0.481 e. The van der Waals surface area contributed by atoms with Crippen molar-refractivity contribution in [2.75, 3.05) is 0 Å². The number of aliphatic carboxylic acids is 1. The highest BCUT2D eigenvalue weighted by atomic mass is 16.4. The Labute approximate surface area is 139 Å². The van der Waals surface area contributed by atoms with Crippen LogP contribution in [0.2, 0.25) is 0 Å². The molecule has 0 radical (unpaired) electrons. The van der Waals surface area contributed by atoms with E-state index in [1.807, 2.05) is 53.7 Å². The van der Waals surface area contributed by atoms with Crippen molar-refractivity contribution in [2.24, 2.45) is 22.7 Å². The van der Waals surface area contributed by atoms with Crippen molar-refractivity contribution in [1.29, 1.82) is 0 Å². The van der Waals surface area contributed by atoms with Crippen molar-refractivity contribution in [3.8, 4) is 0 Å². The van der Waals surface area contributed by atoms with Crippen molar-refractivity contribution in [3.63, 3.8) is 0 Å². The average Bonchev–Trinajstić information content (AvgIpc) is 2.76. The van der Waals surface area contributed by atoms with Crippen LogP contribution < -0.4 is 0 Å². The second-order valence-corrected chi connectivity index (χ2v) is 7.73. The number of carbonyl (C=O) groups excluding carboxylic acids is 1. The van der Waals surface area contributed by atoms with Gasteiger partial charge in [0.15, 0.2) is 5.78 Å². The zero-order chi connectivity index (χ0) is 17.6. The van der Waals surface area contributed by atoms with E-state index >= 15 is 0 Å². The third-order valence-electron chi connectivity index (χ3n) is 5.94. The zero-order valence-electron chi connectivity index (χ0n) is 15.1. The van der Waals surface area contributed by atoms with Gasteiger partial charge in [-0.25, -0.2) is 0 Å². The van der Waals surface area contributed by atoms with Crippen molar-refractivity contribution < 1.29 is 14.7 Å². The van der Waals surface area contributed by atoms with Gasteiger partial charge in [0, 0.05) is 18.3 Å². The molecule has 2 aliphatic rings. The number of allylic oxidation sites excluding steroid dienone is 6. The van der Waals surface area contributed by atoms with Crippen LogP contribution in [-0.4, -0.2) is 16.9 Å². The molecule has 0 aliphatic heterocycles. The third-order valence-corrected chi connectivity index (χ3v) is 5.94. The first-order valence-corrected chi connectivity index (χ1v) is 8.34. The van der Waals surface area contributed by atoms with E-state index in [1.165, 1.54) is 0 Å². The first-order valence-electron chi connectivity index (χ1n) is 8.34. The van der Waals surface area contributed by atoms with Crippen LogP contribution in [0.25, 0.3) is 0 Å². The molecule has 3 nitrogen and oxygen atoms in total. The standard InChI is InChI=1S/C20H28O3/c1-7-8-9-14-13(4)15(11-16(14)21)20(18(22)23)17(10-12(2)3)19(20,5)6/h7-8,10,15,17H,9,11H2,1-6H3,(H,22,23)/b8-7-/t15-,17+,20+/m0/s1. The molecule has 0 unspecified atom stereocenters. The molecular formula is C20H28O3. The summed E-state index contributed by atoms with van der Waals surface area (Å²) in [5, 5.41) is 10.1. The lowest BCUT2D eigenvalue weighted by atomic mass is 9.78. The number of rotatable bonds is 5. The number of hydrogen-bond acceptors (Lipinski definition) is 2. The SMILES string of the molecule is C/C=C\CC1=C(C)[C@@H]([C@]2(C(=O)O)[C@H](C=C(C)C)C2(C)C)CC1=O. The Morgan fingerprint density at radius 1 is 1.35 bits per heavy atom. The molecule has 0 saturated heterocycles. The monoisotopic (exact) mass is 316 g/mol. The summed E-state index contributed by atoms with van der Waals surface area (Å²) in [7, 11) is 0. The van der Waals surface area contributed by atoms with Gasteiger partial charge in [0.1, 0.15) is 0 Å². The van der Waals surface area contributed by atoms with Crippen LogP contribution >= 0.6 is 0 Å². The van der Waals surface area contributed by atoms with Crippen LogP contribution in [0.15, 0.2) is 34.9 Å². The topological polar surface area (TPSA) is 54.4 Å². The number of hydrogen-bond donors (Lipinski definition) is 1. The lowest BCUT2D eigenvalue weighted by Crippen LogP contribution is -2.31. The summed E-state index contributed by atoms with van der Waals surface area (Å²) in [6.45, 7) is 11.9. The first kappa shape index (κ1) is 17.7. The summed E-state index contributed by atoms with van der Waals surface area (Å²) in [6.07, 6.45) is 6.93. The van der Waals surface area contributed by atoms with E-state index in [4.69, 9.17) is 0 Å². The van der Waals surface area contributed by atoms with Gasteiger partial charge >= 0.3 is 5.97 Å². The Balaban J connectivity index is 2.50. The molecule has 0 aromatic heterocycles. The molecule has 2 aliphatic carbocycles. The molecule has 1 fully saturated rings. The Morgan fingerprint density at radius 2 is 1.96 bits per heavy atom. The molecule has 0 spiro atoms. The molecule has 0 bridgehead atoms. The molecule has 0 aromatic rings. The number of carbonyl (C=O) groups is 2. The fourth-order valence-electron chi connectivity index (χ4n) is 4.64. The van der Waals surface area contributed by atoms with Crippen LogP contribution in [0, 0.1) is 22.7 Å². The molecule has 2 rings (SSSR count). The smallest absolute Gasteiger partial charge is 0.311 e. The van der Waals surface area contributed by atoms with Gasteiger partial charge in [0.25, 0.3) is 0 Å². The van der Waals surface area contributed by atoms with Crippen molar-refractivity contribution in [1.82, 2.24) is 0 Å². The molecule has 0 amide bonds. The summed E-state index contributed by atoms with van der Waals surface area (Å²) in [5.74, 6) is -0.867. The molecular weight excluding hydrogens is 288 g/mol. The maximum Gasteiger partial charge on any atom is 0.311 e. The van der Waals surface area contributed by atoms with Gasteiger partial charge < -0.3 is 5.11 Å². The van der Waals surface area contributed by atoms with E-state index in [-0.39, 0.29) is 23.0 Å². The van der Waals surface area contributed by atoms with Crippen LogP contribution in [-0.2, 0) is 9.59 Å². The normalized spacial score (nSPS) is 32.5. The van der Waals surface area contributed by atoms with Gasteiger partial charge in [0.05, 0.1) is 5.41 Å². The quantitative estimate of drug-likeness (QED) is 0.757. The van der Waals surface area contributed by atoms with Crippen LogP contribution in [0.5, 0.6) is 0 Å². The lowest BCUT2D eigenvalue weighted by Gasteiger charge is -2.24. The summed E-state index contributed by atoms with van der Waals surface area (Å²) in [5.41, 5.74) is 1.73. The summed E-state index contributed by atoms with van der Waals surface area (Å²) < 4.78 is 0. The molecule has 3 heteroatoms. The maximum absolute atomic E-state index is 12.4. The Kier molecular flexibility index (Phi) is 4.44. The van der Waals surface area contributed by atoms with Gasteiger partial charge in [0.2, 0.25) is 0 Å². The lowest BCUT2D eigenvalue weighted by molar-refractivity contribution is -0.147. The fourth-order valence-corrected chi connectivity index (χ4v) is 4.64. The molecule has 0 aromatic carbocycles. The molecule has 0 heterocycles. The van der Waals surface area contributed by atoms with Gasteiger partial charge in [-0.3, -0.25) is 9.59 Å². The van der Waals surface area contributed by atoms with Crippen LogP contribution in [0.4, 0.5) is 0 Å². The third kappa shape index (κ3) is 2.41. The first-order chi connectivity index (χ1) is 10.6.